The molecule has 0 fully saturated rings. The Labute approximate surface area is 162 Å². The summed E-state index contributed by atoms with van der Waals surface area (Å²) in [5.74, 6) is 0.773. The molecule has 1 aliphatic heterocycles. The number of aliphatic hydroxyl groups is 1. The van der Waals surface area contributed by atoms with Crippen LogP contribution in [0.2, 0.25) is 0 Å². The molecule has 1 aromatic heterocycles. The van der Waals surface area contributed by atoms with Crippen molar-refractivity contribution in [3.8, 4) is 5.69 Å². The largest absolute Gasteiger partial charge is 0.395 e. The molecule has 0 spiro atoms. The number of aliphatic hydroxyl groups excluding tert-OH is 1. The quantitative estimate of drug-likeness (QED) is 0.574. The van der Waals surface area contributed by atoms with Gasteiger partial charge in [0.05, 0.1) is 6.61 Å². The van der Waals surface area contributed by atoms with Crippen molar-refractivity contribution in [2.45, 2.75) is 18.6 Å². The van der Waals surface area contributed by atoms with E-state index >= 15 is 0 Å². The van der Waals surface area contributed by atoms with Gasteiger partial charge >= 0.3 is 0 Å². The van der Waals surface area contributed by atoms with E-state index in [1.54, 1.807) is 6.33 Å². The minimum atomic E-state index is -0.431. The van der Waals surface area contributed by atoms with E-state index in [0.717, 1.165) is 22.8 Å². The molecule has 0 amide bonds. The molecular formula is C20H20ClN5O. The van der Waals surface area contributed by atoms with Gasteiger partial charge in [0.15, 0.2) is 5.29 Å². The number of halogens is 1. The number of para-hydroxylation sites is 1. The number of nitrogens with zero attached hydrogens (tertiary/aromatic N) is 3. The standard InChI is InChI=1S/C20H20ClN5O/c21-20-24-18(23-15(12-27)11-14-7-3-1-4-8-14)17-19(25-20)26(13-22-17)16-9-5-2-6-10-16/h1-10,13,15,18,23,27H,11-12H2,(H,24,25)/t15-,18-/m1/s1. The third kappa shape index (κ3) is 3.88. The Bertz CT molecular complexity index is 926. The first kappa shape index (κ1) is 17.7. The zero-order valence-corrected chi connectivity index (χ0v) is 15.3. The first-order chi connectivity index (χ1) is 13.2. The van der Waals surface area contributed by atoms with E-state index in [2.05, 4.69) is 20.6 Å². The van der Waals surface area contributed by atoms with E-state index in [-0.39, 0.29) is 17.9 Å². The van der Waals surface area contributed by atoms with Crippen LogP contribution in [0.3, 0.4) is 0 Å². The molecule has 3 aromatic rings. The summed E-state index contributed by atoms with van der Waals surface area (Å²) in [6, 6.07) is 19.8. The zero-order valence-electron chi connectivity index (χ0n) is 14.6. The monoisotopic (exact) mass is 381 g/mol. The molecule has 6 nitrogen and oxygen atoms in total. The smallest absolute Gasteiger partial charge is 0.198 e. The number of imidazole rings is 1. The van der Waals surface area contributed by atoms with Gasteiger partial charge in [-0.1, -0.05) is 48.5 Å². The molecule has 0 unspecified atom stereocenters. The third-order valence-electron chi connectivity index (χ3n) is 4.49. The SMILES string of the molecule is OC[C@@H](Cc1ccccc1)N[C@@H]1N=C(Cl)Nc2c1ncn2-c1ccccc1. The summed E-state index contributed by atoms with van der Waals surface area (Å²) in [4.78, 5) is 8.97. The second-order valence-corrected chi connectivity index (χ2v) is 6.73. The van der Waals surface area contributed by atoms with Crippen molar-refractivity contribution >= 4 is 22.7 Å². The minimum absolute atomic E-state index is 0.0132. The third-order valence-corrected chi connectivity index (χ3v) is 4.68. The Hall–Kier alpha value is -2.67. The fraction of sp³-hybridized carbons (Fsp3) is 0.200. The number of hydrogen-bond acceptors (Lipinski definition) is 5. The van der Waals surface area contributed by atoms with Gasteiger partial charge in [-0.2, -0.15) is 0 Å². The summed E-state index contributed by atoms with van der Waals surface area (Å²) in [6.07, 6.45) is 2.00. The molecule has 3 N–H and O–H groups in total. The van der Waals surface area contributed by atoms with E-state index in [9.17, 15) is 5.11 Å². The number of rotatable bonds is 6. The number of anilines is 1. The van der Waals surface area contributed by atoms with Crippen LogP contribution in [0.5, 0.6) is 0 Å². The summed E-state index contributed by atoms with van der Waals surface area (Å²) < 4.78 is 1.94. The second kappa shape index (κ2) is 7.92. The van der Waals surface area contributed by atoms with Crippen LogP contribution in [0.15, 0.2) is 72.0 Å². The fourth-order valence-electron chi connectivity index (χ4n) is 3.19. The summed E-state index contributed by atoms with van der Waals surface area (Å²) in [5, 5.41) is 16.6. The molecule has 0 saturated heterocycles. The van der Waals surface area contributed by atoms with Crippen molar-refractivity contribution in [1.82, 2.24) is 14.9 Å². The Balaban J connectivity index is 1.59. The van der Waals surface area contributed by atoms with Crippen molar-refractivity contribution < 1.29 is 5.11 Å². The van der Waals surface area contributed by atoms with E-state index in [4.69, 9.17) is 11.6 Å². The molecule has 4 rings (SSSR count). The molecule has 0 aliphatic carbocycles. The zero-order chi connectivity index (χ0) is 18.6. The van der Waals surface area contributed by atoms with Crippen LogP contribution in [-0.4, -0.2) is 32.6 Å². The molecule has 138 valence electrons. The Morgan fingerprint density at radius 2 is 1.81 bits per heavy atom. The van der Waals surface area contributed by atoms with E-state index < -0.39 is 6.17 Å². The summed E-state index contributed by atoms with van der Waals surface area (Å²) in [6.45, 7) is -0.0132. The van der Waals surface area contributed by atoms with Gasteiger partial charge in [-0.25, -0.2) is 9.98 Å². The molecule has 0 bridgehead atoms. The molecule has 1 aliphatic rings. The van der Waals surface area contributed by atoms with Crippen LogP contribution in [0.4, 0.5) is 5.82 Å². The average molecular weight is 382 g/mol. The van der Waals surface area contributed by atoms with Gasteiger partial charge in [0, 0.05) is 11.7 Å². The van der Waals surface area contributed by atoms with Crippen LogP contribution in [0, 0.1) is 0 Å². The van der Waals surface area contributed by atoms with Crippen molar-refractivity contribution in [1.29, 1.82) is 0 Å². The maximum absolute atomic E-state index is 9.83. The molecule has 0 saturated carbocycles. The van der Waals surface area contributed by atoms with Gasteiger partial charge in [-0.05, 0) is 35.7 Å². The van der Waals surface area contributed by atoms with Crippen LogP contribution < -0.4 is 10.6 Å². The number of hydrogen-bond donors (Lipinski definition) is 3. The van der Waals surface area contributed by atoms with Gasteiger partial charge in [-0.15, -0.1) is 0 Å². The maximum Gasteiger partial charge on any atom is 0.198 e. The predicted molar refractivity (Wildman–Crippen MR) is 107 cm³/mol. The summed E-state index contributed by atoms with van der Waals surface area (Å²) >= 11 is 6.24. The highest BCUT2D eigenvalue weighted by atomic mass is 35.5. The molecule has 2 atom stereocenters. The molecule has 2 aromatic carbocycles. The lowest BCUT2D eigenvalue weighted by atomic mass is 10.1. The molecule has 0 radical (unpaired) electrons. The highest BCUT2D eigenvalue weighted by molar-refractivity contribution is 6.67. The fourth-order valence-corrected chi connectivity index (χ4v) is 3.38. The number of amidine groups is 1. The lowest BCUT2D eigenvalue weighted by Gasteiger charge is -2.25. The van der Waals surface area contributed by atoms with Crippen molar-refractivity contribution in [2.24, 2.45) is 4.99 Å². The van der Waals surface area contributed by atoms with E-state index in [0.29, 0.717) is 6.42 Å². The van der Waals surface area contributed by atoms with E-state index in [1.807, 2.05) is 65.2 Å². The van der Waals surface area contributed by atoms with Crippen molar-refractivity contribution in [2.75, 3.05) is 11.9 Å². The predicted octanol–water partition coefficient (Wildman–Crippen LogP) is 3.08. The molecule has 27 heavy (non-hydrogen) atoms. The average Bonchev–Trinajstić information content (AvgIpc) is 3.13. The number of aromatic nitrogens is 2. The van der Waals surface area contributed by atoms with Crippen molar-refractivity contribution in [3.05, 3.63) is 78.2 Å². The second-order valence-electron chi connectivity index (χ2n) is 6.37. The highest BCUT2D eigenvalue weighted by Gasteiger charge is 2.28. The van der Waals surface area contributed by atoms with Gasteiger partial charge in [0.1, 0.15) is 24.0 Å². The van der Waals surface area contributed by atoms with Crippen LogP contribution in [-0.2, 0) is 6.42 Å². The number of fused-ring (bicyclic) bond motifs is 1. The Morgan fingerprint density at radius 3 is 2.52 bits per heavy atom. The topological polar surface area (TPSA) is 74.5 Å². The van der Waals surface area contributed by atoms with Gasteiger partial charge in [-0.3, -0.25) is 9.88 Å². The Morgan fingerprint density at radius 1 is 1.11 bits per heavy atom. The van der Waals surface area contributed by atoms with Gasteiger partial charge in [0.25, 0.3) is 0 Å². The van der Waals surface area contributed by atoms with Crippen LogP contribution in [0.25, 0.3) is 5.69 Å². The summed E-state index contributed by atoms with van der Waals surface area (Å²) in [7, 11) is 0. The number of aliphatic imine (C=N–C) groups is 1. The van der Waals surface area contributed by atoms with Crippen LogP contribution >= 0.6 is 11.6 Å². The lowest BCUT2D eigenvalue weighted by Crippen LogP contribution is -2.39. The number of nitrogens with one attached hydrogen (secondary N) is 2. The molecule has 7 heteroatoms. The van der Waals surface area contributed by atoms with Gasteiger partial charge in [0.2, 0.25) is 0 Å². The van der Waals surface area contributed by atoms with Gasteiger partial charge < -0.3 is 10.4 Å². The maximum atomic E-state index is 9.83. The summed E-state index contributed by atoms with van der Waals surface area (Å²) in [5.41, 5.74) is 2.87. The molecule has 2 heterocycles. The first-order valence-corrected chi connectivity index (χ1v) is 9.16. The molecular weight excluding hydrogens is 362 g/mol. The number of benzene rings is 2. The minimum Gasteiger partial charge on any atom is -0.395 e. The highest BCUT2D eigenvalue weighted by Crippen LogP contribution is 2.30. The van der Waals surface area contributed by atoms with Crippen LogP contribution in [0.1, 0.15) is 17.4 Å². The Kier molecular flexibility index (Phi) is 5.20. The first-order valence-electron chi connectivity index (χ1n) is 8.78. The lowest BCUT2D eigenvalue weighted by molar-refractivity contribution is 0.230. The van der Waals surface area contributed by atoms with E-state index in [1.165, 1.54) is 0 Å². The van der Waals surface area contributed by atoms with Crippen molar-refractivity contribution in [3.63, 3.8) is 0 Å². The normalized spacial score (nSPS) is 17.0.